The molecule has 1 N–H and O–H groups in total. The molecule has 1 aromatic heterocycles. The van der Waals surface area contributed by atoms with Gasteiger partial charge in [0.05, 0.1) is 11.1 Å². The number of nitrogens with one attached hydrogen (secondary N) is 1. The van der Waals surface area contributed by atoms with Crippen molar-refractivity contribution < 1.29 is 13.2 Å². The van der Waals surface area contributed by atoms with Crippen molar-refractivity contribution in [3.05, 3.63) is 95.7 Å². The fourth-order valence-corrected chi connectivity index (χ4v) is 3.61. The van der Waals surface area contributed by atoms with Gasteiger partial charge in [0.1, 0.15) is 0 Å². The van der Waals surface area contributed by atoms with Crippen LogP contribution in [-0.2, 0) is 12.6 Å². The van der Waals surface area contributed by atoms with Crippen LogP contribution in [0.1, 0.15) is 16.7 Å². The van der Waals surface area contributed by atoms with Crippen molar-refractivity contribution in [1.82, 2.24) is 4.98 Å². The molecular weight excluding hydrogens is 373 g/mol. The Kier molecular flexibility index (Phi) is 4.97. The molecule has 0 saturated heterocycles. The molecule has 5 heteroatoms. The van der Waals surface area contributed by atoms with Gasteiger partial charge in [0.25, 0.3) is 0 Å². The first kappa shape index (κ1) is 19.0. The zero-order chi connectivity index (χ0) is 20.4. The van der Waals surface area contributed by atoms with E-state index in [0.29, 0.717) is 11.8 Å². The summed E-state index contributed by atoms with van der Waals surface area (Å²) in [6, 6.07) is 21.8. The molecule has 0 radical (unpaired) electrons. The number of aromatic nitrogens is 1. The Bertz CT molecular complexity index is 1150. The average molecular weight is 392 g/mol. The van der Waals surface area contributed by atoms with Crippen LogP contribution in [-0.4, -0.2) is 12.0 Å². The molecule has 0 atom stereocenters. The van der Waals surface area contributed by atoms with Gasteiger partial charge in [0, 0.05) is 24.3 Å². The van der Waals surface area contributed by atoms with E-state index in [-0.39, 0.29) is 5.52 Å². The van der Waals surface area contributed by atoms with Crippen molar-refractivity contribution in [2.75, 3.05) is 12.4 Å². The summed E-state index contributed by atoms with van der Waals surface area (Å²) in [4.78, 5) is 4.24. The van der Waals surface area contributed by atoms with E-state index in [1.165, 1.54) is 6.07 Å². The number of para-hydroxylation sites is 1. The van der Waals surface area contributed by atoms with Crippen LogP contribution in [0.2, 0.25) is 0 Å². The summed E-state index contributed by atoms with van der Waals surface area (Å²) in [5, 5.41) is 3.60. The molecule has 1 heterocycles. The van der Waals surface area contributed by atoms with Gasteiger partial charge < -0.3 is 5.32 Å². The van der Waals surface area contributed by atoms with Gasteiger partial charge >= 0.3 is 6.18 Å². The van der Waals surface area contributed by atoms with Gasteiger partial charge in [-0.05, 0) is 46.9 Å². The summed E-state index contributed by atoms with van der Waals surface area (Å²) in [6.45, 7) is 0. The molecular formula is C24H19F3N2. The van der Waals surface area contributed by atoms with Gasteiger partial charge in [-0.2, -0.15) is 13.2 Å². The van der Waals surface area contributed by atoms with Crippen molar-refractivity contribution in [3.8, 4) is 11.1 Å². The highest BCUT2D eigenvalue weighted by Gasteiger charge is 2.33. The maximum Gasteiger partial charge on any atom is 0.418 e. The van der Waals surface area contributed by atoms with E-state index in [2.05, 4.69) is 10.3 Å². The molecule has 4 rings (SSSR count). The van der Waals surface area contributed by atoms with Gasteiger partial charge in [-0.25, -0.2) is 0 Å². The van der Waals surface area contributed by atoms with E-state index in [9.17, 15) is 13.2 Å². The minimum atomic E-state index is -4.46. The zero-order valence-corrected chi connectivity index (χ0v) is 15.8. The Balaban J connectivity index is 2.00. The van der Waals surface area contributed by atoms with E-state index in [1.54, 1.807) is 12.3 Å². The minimum absolute atomic E-state index is 0.0262. The monoisotopic (exact) mass is 392 g/mol. The second-order valence-electron chi connectivity index (χ2n) is 6.85. The first-order valence-corrected chi connectivity index (χ1v) is 9.27. The van der Waals surface area contributed by atoms with Crippen LogP contribution < -0.4 is 5.32 Å². The minimum Gasteiger partial charge on any atom is -0.388 e. The summed E-state index contributed by atoms with van der Waals surface area (Å²) in [5.74, 6) is 0. The summed E-state index contributed by atoms with van der Waals surface area (Å²) >= 11 is 0. The van der Waals surface area contributed by atoms with E-state index < -0.39 is 11.7 Å². The molecule has 0 spiro atoms. The van der Waals surface area contributed by atoms with Gasteiger partial charge in [-0.15, -0.1) is 0 Å². The highest BCUT2D eigenvalue weighted by molar-refractivity contribution is 5.98. The number of rotatable bonds is 4. The maximum atomic E-state index is 13.6. The van der Waals surface area contributed by atoms with E-state index in [4.69, 9.17) is 0 Å². The molecule has 0 aliphatic heterocycles. The lowest BCUT2D eigenvalue weighted by molar-refractivity contribution is -0.136. The fourth-order valence-electron chi connectivity index (χ4n) is 3.61. The molecule has 0 amide bonds. The first-order valence-electron chi connectivity index (χ1n) is 9.27. The third kappa shape index (κ3) is 3.81. The Hall–Kier alpha value is -3.34. The molecule has 0 aliphatic carbocycles. The molecule has 0 fully saturated rings. The van der Waals surface area contributed by atoms with Crippen LogP contribution in [0.3, 0.4) is 0 Å². The molecule has 3 aromatic carbocycles. The number of pyridine rings is 1. The Morgan fingerprint density at radius 3 is 2.38 bits per heavy atom. The van der Waals surface area contributed by atoms with Crippen molar-refractivity contribution in [2.45, 2.75) is 12.6 Å². The van der Waals surface area contributed by atoms with Crippen molar-refractivity contribution in [2.24, 2.45) is 0 Å². The number of hydrogen-bond acceptors (Lipinski definition) is 2. The highest BCUT2D eigenvalue weighted by Crippen LogP contribution is 2.39. The number of nitrogens with zero attached hydrogens (tertiary/aromatic N) is 1. The van der Waals surface area contributed by atoms with Crippen LogP contribution in [0.25, 0.3) is 22.0 Å². The molecule has 4 aromatic rings. The zero-order valence-electron chi connectivity index (χ0n) is 15.8. The van der Waals surface area contributed by atoms with Crippen molar-refractivity contribution in [1.29, 1.82) is 0 Å². The number of hydrogen-bond donors (Lipinski definition) is 1. The van der Waals surface area contributed by atoms with Gasteiger partial charge in [-0.1, -0.05) is 54.6 Å². The Labute approximate surface area is 167 Å². The normalized spacial score (nSPS) is 11.6. The standard InChI is InChI=1S/C24H19F3N2/c1-28-19-10-5-9-17(14-19)22-18(13-16-7-3-2-4-8-16)15-29-23-20(22)11-6-12-21(23)24(25,26)27/h2-12,14-15,28H,13H2,1H3. The summed E-state index contributed by atoms with van der Waals surface area (Å²) in [6.07, 6.45) is -2.30. The largest absolute Gasteiger partial charge is 0.418 e. The smallest absolute Gasteiger partial charge is 0.388 e. The summed E-state index contributed by atoms with van der Waals surface area (Å²) in [5.41, 5.74) is 3.75. The molecule has 0 saturated carbocycles. The predicted molar refractivity (Wildman–Crippen MR) is 111 cm³/mol. The predicted octanol–water partition coefficient (Wildman–Crippen LogP) is 6.55. The lowest BCUT2D eigenvalue weighted by atomic mass is 9.91. The van der Waals surface area contributed by atoms with Crippen LogP contribution in [0.15, 0.2) is 79.0 Å². The van der Waals surface area contributed by atoms with Gasteiger partial charge in [-0.3, -0.25) is 4.98 Å². The van der Waals surface area contributed by atoms with Crippen LogP contribution in [0.5, 0.6) is 0 Å². The summed E-state index contributed by atoms with van der Waals surface area (Å²) in [7, 11) is 1.82. The van der Waals surface area contributed by atoms with Crippen LogP contribution >= 0.6 is 0 Å². The molecule has 146 valence electrons. The van der Waals surface area contributed by atoms with E-state index in [0.717, 1.165) is 34.0 Å². The van der Waals surface area contributed by atoms with Crippen LogP contribution in [0, 0.1) is 0 Å². The number of halogens is 3. The maximum absolute atomic E-state index is 13.6. The second kappa shape index (κ2) is 7.59. The van der Waals surface area contributed by atoms with Gasteiger partial charge in [0.2, 0.25) is 0 Å². The second-order valence-corrected chi connectivity index (χ2v) is 6.85. The third-order valence-corrected chi connectivity index (χ3v) is 4.96. The molecule has 0 unspecified atom stereocenters. The van der Waals surface area contributed by atoms with Crippen molar-refractivity contribution >= 4 is 16.6 Å². The SMILES string of the molecule is CNc1cccc(-c2c(Cc3ccccc3)cnc3c(C(F)(F)F)cccc23)c1. The number of alkyl halides is 3. The highest BCUT2D eigenvalue weighted by atomic mass is 19.4. The van der Waals surface area contributed by atoms with E-state index in [1.807, 2.05) is 61.6 Å². The number of anilines is 1. The topological polar surface area (TPSA) is 24.9 Å². The molecule has 0 aliphatic rings. The summed E-state index contributed by atoms with van der Waals surface area (Å²) < 4.78 is 40.7. The van der Waals surface area contributed by atoms with Crippen molar-refractivity contribution in [3.63, 3.8) is 0 Å². The quantitative estimate of drug-likeness (QED) is 0.426. The lowest BCUT2D eigenvalue weighted by Gasteiger charge is -2.17. The van der Waals surface area contributed by atoms with E-state index >= 15 is 0 Å². The Morgan fingerprint density at radius 2 is 1.66 bits per heavy atom. The first-order chi connectivity index (χ1) is 14.0. The third-order valence-electron chi connectivity index (χ3n) is 4.96. The molecule has 2 nitrogen and oxygen atoms in total. The fraction of sp³-hybridized carbons (Fsp3) is 0.125. The molecule has 29 heavy (non-hydrogen) atoms. The van der Waals surface area contributed by atoms with Crippen LogP contribution in [0.4, 0.5) is 18.9 Å². The number of fused-ring (bicyclic) bond motifs is 1. The number of benzene rings is 3. The average Bonchev–Trinajstić information content (AvgIpc) is 2.73. The Morgan fingerprint density at radius 1 is 0.897 bits per heavy atom. The lowest BCUT2D eigenvalue weighted by Crippen LogP contribution is -2.07. The molecule has 0 bridgehead atoms. The van der Waals surface area contributed by atoms with Gasteiger partial charge in [0.15, 0.2) is 0 Å².